The molecule has 3 rings (SSSR count). The van der Waals surface area contributed by atoms with Gasteiger partial charge in [-0.3, -0.25) is 9.59 Å². The van der Waals surface area contributed by atoms with Crippen molar-refractivity contribution in [2.45, 2.75) is 58.2 Å². The van der Waals surface area contributed by atoms with Gasteiger partial charge >= 0.3 is 0 Å². The molecule has 2 aliphatic heterocycles. The summed E-state index contributed by atoms with van der Waals surface area (Å²) in [4.78, 5) is 39.7. The molecule has 29 heavy (non-hydrogen) atoms. The van der Waals surface area contributed by atoms with E-state index in [1.165, 1.54) is 0 Å². The number of benzene rings is 1. The number of hydrogen-bond donors (Lipinski definition) is 2. The molecule has 0 radical (unpaired) electrons. The number of nitrogens with one attached hydrogen (secondary N) is 2. The highest BCUT2D eigenvalue weighted by atomic mass is 16.2. The van der Waals surface area contributed by atoms with Crippen molar-refractivity contribution in [1.82, 2.24) is 15.5 Å². The van der Waals surface area contributed by atoms with Gasteiger partial charge in [0.2, 0.25) is 5.91 Å². The van der Waals surface area contributed by atoms with Gasteiger partial charge in [0.05, 0.1) is 6.04 Å². The van der Waals surface area contributed by atoms with Crippen molar-refractivity contribution >= 4 is 23.8 Å². The third kappa shape index (κ3) is 5.35. The van der Waals surface area contributed by atoms with Gasteiger partial charge in [0, 0.05) is 50.4 Å². The summed E-state index contributed by atoms with van der Waals surface area (Å²) in [5.74, 6) is -0.252. The number of carbonyl (C=O) groups is 3. The molecule has 1 aromatic rings. The number of aldehydes is 1. The number of fused-ring (bicyclic) bond motifs is 1. The Labute approximate surface area is 173 Å². The molecule has 7 heteroatoms. The standard InChI is InChI=1S/C20H28N4O3.C2H6/c1-21-15-7-9-23(10-8-15)16-3-5-18-14(11-16)12-24(20(18)27)17(13-25)4-6-19(26)22-2;1-2/h3,5,11,13,15,17,21H,4,6-10,12H2,1-2H3,(H,22,26);1-2H3. The lowest BCUT2D eigenvalue weighted by atomic mass is 10.0. The van der Waals surface area contributed by atoms with Crippen LogP contribution in [0.15, 0.2) is 18.2 Å². The van der Waals surface area contributed by atoms with Gasteiger partial charge in [0.1, 0.15) is 6.29 Å². The molecule has 2 N–H and O–H groups in total. The quantitative estimate of drug-likeness (QED) is 0.682. The van der Waals surface area contributed by atoms with Crippen molar-refractivity contribution in [3.05, 3.63) is 29.3 Å². The second-order valence-electron chi connectivity index (χ2n) is 7.24. The fourth-order valence-corrected chi connectivity index (χ4v) is 3.92. The molecule has 7 nitrogen and oxygen atoms in total. The summed E-state index contributed by atoms with van der Waals surface area (Å²) < 4.78 is 0. The van der Waals surface area contributed by atoms with Crippen LogP contribution < -0.4 is 15.5 Å². The van der Waals surface area contributed by atoms with E-state index < -0.39 is 6.04 Å². The predicted octanol–water partition coefficient (Wildman–Crippen LogP) is 1.95. The first-order chi connectivity index (χ1) is 14.1. The molecule has 0 aromatic heterocycles. The van der Waals surface area contributed by atoms with Crippen molar-refractivity contribution in [2.75, 3.05) is 32.1 Å². The third-order valence-electron chi connectivity index (χ3n) is 5.69. The summed E-state index contributed by atoms with van der Waals surface area (Å²) in [6.45, 7) is 6.40. The molecule has 0 saturated carbocycles. The fourth-order valence-electron chi connectivity index (χ4n) is 3.92. The summed E-state index contributed by atoms with van der Waals surface area (Å²) in [6.07, 6.45) is 3.55. The normalized spacial score (nSPS) is 17.3. The van der Waals surface area contributed by atoms with Gasteiger partial charge in [-0.05, 0) is 50.1 Å². The predicted molar refractivity (Wildman–Crippen MR) is 115 cm³/mol. The Morgan fingerprint density at radius 2 is 1.93 bits per heavy atom. The van der Waals surface area contributed by atoms with Gasteiger partial charge < -0.3 is 25.2 Å². The van der Waals surface area contributed by atoms with E-state index in [1.54, 1.807) is 11.9 Å². The summed E-state index contributed by atoms with van der Waals surface area (Å²) >= 11 is 0. The van der Waals surface area contributed by atoms with Gasteiger partial charge in [0.25, 0.3) is 5.91 Å². The zero-order valence-corrected chi connectivity index (χ0v) is 18.0. The lowest BCUT2D eigenvalue weighted by molar-refractivity contribution is -0.121. The Balaban J connectivity index is 0.00000145. The molecule has 0 bridgehead atoms. The molecule has 2 aliphatic rings. The number of amides is 2. The maximum atomic E-state index is 12.7. The van der Waals surface area contributed by atoms with Gasteiger partial charge in [-0.2, -0.15) is 0 Å². The fraction of sp³-hybridized carbons (Fsp3) is 0.591. The first-order valence-electron chi connectivity index (χ1n) is 10.6. The van der Waals surface area contributed by atoms with Crippen LogP contribution >= 0.6 is 0 Å². The Morgan fingerprint density at radius 1 is 1.24 bits per heavy atom. The van der Waals surface area contributed by atoms with E-state index in [0.29, 0.717) is 24.6 Å². The van der Waals surface area contributed by atoms with Crippen LogP contribution in [0, 0.1) is 0 Å². The molecule has 2 heterocycles. The molecular formula is C22H34N4O3. The molecule has 0 aliphatic carbocycles. The highest BCUT2D eigenvalue weighted by Gasteiger charge is 2.33. The van der Waals surface area contributed by atoms with Crippen LogP contribution in [0.2, 0.25) is 0 Å². The first-order valence-corrected chi connectivity index (χ1v) is 10.6. The van der Waals surface area contributed by atoms with Gasteiger partial charge in [-0.1, -0.05) is 13.8 Å². The summed E-state index contributed by atoms with van der Waals surface area (Å²) in [7, 11) is 3.57. The minimum Gasteiger partial charge on any atom is -0.371 e. The van der Waals surface area contributed by atoms with E-state index in [0.717, 1.165) is 43.5 Å². The zero-order valence-electron chi connectivity index (χ0n) is 18.0. The van der Waals surface area contributed by atoms with Crippen LogP contribution in [-0.2, 0) is 16.1 Å². The van der Waals surface area contributed by atoms with E-state index in [2.05, 4.69) is 21.6 Å². The number of rotatable bonds is 7. The van der Waals surface area contributed by atoms with Crippen LogP contribution in [0.3, 0.4) is 0 Å². The SMILES string of the molecule is CC.CNC(=O)CCC(C=O)N1Cc2cc(N3CCC(NC)CC3)ccc2C1=O. The lowest BCUT2D eigenvalue weighted by Crippen LogP contribution is -2.41. The summed E-state index contributed by atoms with van der Waals surface area (Å²) in [5.41, 5.74) is 2.75. The van der Waals surface area contributed by atoms with E-state index >= 15 is 0 Å². The smallest absolute Gasteiger partial charge is 0.255 e. The van der Waals surface area contributed by atoms with Crippen molar-refractivity contribution in [3.63, 3.8) is 0 Å². The summed E-state index contributed by atoms with van der Waals surface area (Å²) in [6, 6.07) is 5.95. The van der Waals surface area contributed by atoms with Crippen molar-refractivity contribution in [1.29, 1.82) is 0 Å². The molecule has 0 spiro atoms. The van der Waals surface area contributed by atoms with Crippen LogP contribution in [0.25, 0.3) is 0 Å². The molecule has 1 fully saturated rings. The Hall–Kier alpha value is -2.41. The van der Waals surface area contributed by atoms with Gasteiger partial charge in [0.15, 0.2) is 0 Å². The largest absolute Gasteiger partial charge is 0.371 e. The van der Waals surface area contributed by atoms with Gasteiger partial charge in [-0.25, -0.2) is 0 Å². The van der Waals surface area contributed by atoms with Crippen LogP contribution in [0.5, 0.6) is 0 Å². The van der Waals surface area contributed by atoms with Crippen molar-refractivity contribution in [2.24, 2.45) is 0 Å². The number of anilines is 1. The highest BCUT2D eigenvalue weighted by Crippen LogP contribution is 2.30. The molecule has 160 valence electrons. The maximum Gasteiger partial charge on any atom is 0.255 e. The van der Waals surface area contributed by atoms with Crippen molar-refractivity contribution < 1.29 is 14.4 Å². The number of hydrogen-bond acceptors (Lipinski definition) is 5. The Morgan fingerprint density at radius 3 is 2.52 bits per heavy atom. The van der Waals surface area contributed by atoms with Crippen LogP contribution in [-0.4, -0.2) is 62.3 Å². The molecule has 1 saturated heterocycles. The molecule has 1 atom stereocenters. The topological polar surface area (TPSA) is 81.8 Å². The van der Waals surface area contributed by atoms with Crippen LogP contribution in [0.4, 0.5) is 5.69 Å². The summed E-state index contributed by atoms with van der Waals surface area (Å²) in [5, 5.41) is 5.88. The Kier molecular flexibility index (Phi) is 8.64. The highest BCUT2D eigenvalue weighted by molar-refractivity contribution is 6.00. The van der Waals surface area contributed by atoms with Gasteiger partial charge in [-0.15, -0.1) is 0 Å². The van der Waals surface area contributed by atoms with E-state index in [1.807, 2.05) is 33.0 Å². The number of carbonyl (C=O) groups excluding carboxylic acids is 3. The average molecular weight is 403 g/mol. The average Bonchev–Trinajstić information content (AvgIpc) is 3.11. The van der Waals surface area contributed by atoms with E-state index in [-0.39, 0.29) is 18.2 Å². The molecule has 1 aromatic carbocycles. The third-order valence-corrected chi connectivity index (χ3v) is 5.69. The minimum absolute atomic E-state index is 0.126. The minimum atomic E-state index is -0.572. The van der Waals surface area contributed by atoms with Crippen molar-refractivity contribution in [3.8, 4) is 0 Å². The Bertz CT molecular complexity index is 714. The van der Waals surface area contributed by atoms with E-state index in [4.69, 9.17) is 0 Å². The second-order valence-corrected chi connectivity index (χ2v) is 7.24. The second kappa shape index (κ2) is 11.0. The monoisotopic (exact) mass is 402 g/mol. The molecule has 2 amide bonds. The van der Waals surface area contributed by atoms with Crippen LogP contribution in [0.1, 0.15) is 55.5 Å². The lowest BCUT2D eigenvalue weighted by Gasteiger charge is -2.33. The molecule has 1 unspecified atom stereocenters. The maximum absolute atomic E-state index is 12.7. The molecular weight excluding hydrogens is 368 g/mol. The van der Waals surface area contributed by atoms with E-state index in [9.17, 15) is 14.4 Å². The first kappa shape index (κ1) is 22.9. The number of piperidine rings is 1. The number of nitrogens with zero attached hydrogens (tertiary/aromatic N) is 2. The zero-order chi connectivity index (χ0) is 21.4.